The number of furan rings is 1. The van der Waals surface area contributed by atoms with Gasteiger partial charge in [-0.2, -0.15) is 0 Å². The molecule has 66 valence electrons. The molecule has 1 fully saturated rings. The first-order chi connectivity index (χ1) is 5.78. The van der Waals surface area contributed by atoms with Crippen LogP contribution in [-0.2, 0) is 5.41 Å². The molecule has 12 heavy (non-hydrogen) atoms. The van der Waals surface area contributed by atoms with Crippen molar-refractivity contribution in [2.75, 3.05) is 6.61 Å². The van der Waals surface area contributed by atoms with Gasteiger partial charge in [0.1, 0.15) is 5.76 Å². The van der Waals surface area contributed by atoms with Gasteiger partial charge in [-0.25, -0.2) is 0 Å². The lowest BCUT2D eigenvalue weighted by atomic mass is 9.65. The lowest BCUT2D eigenvalue weighted by Crippen LogP contribution is -2.38. The lowest BCUT2D eigenvalue weighted by molar-refractivity contribution is 0.118. The Morgan fingerprint density at radius 2 is 2.33 bits per heavy atom. The van der Waals surface area contributed by atoms with Crippen molar-refractivity contribution in [3.63, 3.8) is 0 Å². The lowest BCUT2D eigenvalue weighted by Gasteiger charge is -2.40. The zero-order chi connectivity index (χ0) is 8.60. The molecule has 0 saturated heterocycles. The zero-order valence-electron chi connectivity index (χ0n) is 7.34. The first-order valence-electron chi connectivity index (χ1n) is 4.44. The maximum absolute atomic E-state index is 9.29. The van der Waals surface area contributed by atoms with Crippen LogP contribution in [0.3, 0.4) is 0 Å². The smallest absolute Gasteiger partial charge is 0.104 e. The molecule has 0 spiro atoms. The van der Waals surface area contributed by atoms with Gasteiger partial charge < -0.3 is 9.52 Å². The van der Waals surface area contributed by atoms with Crippen LogP contribution in [0.15, 0.2) is 16.7 Å². The van der Waals surface area contributed by atoms with Gasteiger partial charge in [-0.3, -0.25) is 0 Å². The molecular weight excluding hydrogens is 152 g/mol. The van der Waals surface area contributed by atoms with Gasteiger partial charge in [-0.15, -0.1) is 0 Å². The average Bonchev–Trinajstić information content (AvgIpc) is 2.36. The van der Waals surface area contributed by atoms with Crippen LogP contribution in [0.4, 0.5) is 0 Å². The van der Waals surface area contributed by atoms with Crippen LogP contribution in [0, 0.1) is 6.92 Å². The minimum Gasteiger partial charge on any atom is -0.469 e. The summed E-state index contributed by atoms with van der Waals surface area (Å²) in [4.78, 5) is 0. The van der Waals surface area contributed by atoms with E-state index in [9.17, 15) is 5.11 Å². The van der Waals surface area contributed by atoms with Crippen LogP contribution in [0.1, 0.15) is 30.6 Å². The highest BCUT2D eigenvalue weighted by Gasteiger charge is 2.39. The molecule has 1 heterocycles. The molecule has 2 rings (SSSR count). The molecule has 1 saturated carbocycles. The van der Waals surface area contributed by atoms with E-state index in [-0.39, 0.29) is 12.0 Å². The molecule has 0 unspecified atom stereocenters. The predicted molar refractivity (Wildman–Crippen MR) is 46.1 cm³/mol. The summed E-state index contributed by atoms with van der Waals surface area (Å²) in [6, 6.07) is 1.99. The summed E-state index contributed by atoms with van der Waals surface area (Å²) in [5.41, 5.74) is 1.24. The van der Waals surface area contributed by atoms with E-state index in [1.54, 1.807) is 6.26 Å². The van der Waals surface area contributed by atoms with Gasteiger partial charge in [-0.1, -0.05) is 6.42 Å². The molecule has 0 bridgehead atoms. The van der Waals surface area contributed by atoms with Crippen molar-refractivity contribution >= 4 is 0 Å². The molecular formula is C10H14O2. The first kappa shape index (κ1) is 7.87. The average molecular weight is 166 g/mol. The van der Waals surface area contributed by atoms with Crippen molar-refractivity contribution in [2.24, 2.45) is 0 Å². The Bertz CT molecular complexity index is 266. The van der Waals surface area contributed by atoms with Crippen molar-refractivity contribution in [1.82, 2.24) is 0 Å². The Morgan fingerprint density at radius 1 is 1.58 bits per heavy atom. The molecule has 1 N–H and O–H groups in total. The zero-order valence-corrected chi connectivity index (χ0v) is 7.34. The monoisotopic (exact) mass is 166 g/mol. The number of rotatable bonds is 2. The van der Waals surface area contributed by atoms with E-state index >= 15 is 0 Å². The van der Waals surface area contributed by atoms with E-state index in [0.717, 1.165) is 18.6 Å². The molecule has 0 radical (unpaired) electrons. The van der Waals surface area contributed by atoms with Crippen molar-refractivity contribution < 1.29 is 9.52 Å². The number of aliphatic hydroxyl groups excluding tert-OH is 1. The van der Waals surface area contributed by atoms with Gasteiger partial charge in [0.05, 0.1) is 12.9 Å². The molecule has 1 aliphatic rings. The number of hydrogen-bond acceptors (Lipinski definition) is 2. The minimum absolute atomic E-state index is 0.0388. The SMILES string of the molecule is Cc1occc1C1(CO)CCC1. The van der Waals surface area contributed by atoms with Gasteiger partial charge in [0.2, 0.25) is 0 Å². The summed E-state index contributed by atoms with van der Waals surface area (Å²) in [5, 5.41) is 9.29. The Balaban J connectivity index is 2.33. The third-order valence-corrected chi connectivity index (χ3v) is 3.04. The van der Waals surface area contributed by atoms with Crippen LogP contribution in [-0.4, -0.2) is 11.7 Å². The van der Waals surface area contributed by atoms with E-state index in [1.165, 1.54) is 12.0 Å². The van der Waals surface area contributed by atoms with Crippen LogP contribution in [0.25, 0.3) is 0 Å². The fourth-order valence-electron chi connectivity index (χ4n) is 2.05. The Labute approximate surface area is 72.2 Å². The number of aliphatic hydroxyl groups is 1. The number of hydrogen-bond donors (Lipinski definition) is 1. The summed E-state index contributed by atoms with van der Waals surface area (Å²) in [5.74, 6) is 0.962. The normalized spacial score (nSPS) is 20.5. The Hall–Kier alpha value is -0.760. The van der Waals surface area contributed by atoms with Crippen molar-refractivity contribution in [3.05, 3.63) is 23.7 Å². The van der Waals surface area contributed by atoms with E-state index in [2.05, 4.69) is 0 Å². The van der Waals surface area contributed by atoms with Gasteiger partial charge in [0.25, 0.3) is 0 Å². The largest absolute Gasteiger partial charge is 0.469 e. The molecule has 0 atom stereocenters. The summed E-state index contributed by atoms with van der Waals surface area (Å²) in [6.45, 7) is 2.22. The van der Waals surface area contributed by atoms with Gasteiger partial charge >= 0.3 is 0 Å². The Kier molecular flexibility index (Phi) is 1.72. The Morgan fingerprint density at radius 3 is 2.67 bits per heavy atom. The second-order valence-corrected chi connectivity index (χ2v) is 3.68. The fraction of sp³-hybridized carbons (Fsp3) is 0.600. The molecule has 0 aliphatic heterocycles. The molecule has 0 amide bonds. The predicted octanol–water partition coefficient (Wildman–Crippen LogP) is 2.00. The summed E-state index contributed by atoms with van der Waals surface area (Å²) in [7, 11) is 0. The van der Waals surface area contributed by atoms with Crippen LogP contribution in [0.2, 0.25) is 0 Å². The van der Waals surface area contributed by atoms with E-state index in [0.29, 0.717) is 0 Å². The molecule has 1 aliphatic carbocycles. The fourth-order valence-corrected chi connectivity index (χ4v) is 2.05. The third-order valence-electron chi connectivity index (χ3n) is 3.04. The topological polar surface area (TPSA) is 33.4 Å². The van der Waals surface area contributed by atoms with Gasteiger partial charge in [-0.05, 0) is 25.8 Å². The van der Waals surface area contributed by atoms with Crippen molar-refractivity contribution in [1.29, 1.82) is 0 Å². The molecule has 1 aromatic rings. The standard InChI is InChI=1S/C10H14O2/c1-8-9(3-6-12-8)10(7-11)4-2-5-10/h3,6,11H,2,4-5,7H2,1H3. The first-order valence-corrected chi connectivity index (χ1v) is 4.44. The van der Waals surface area contributed by atoms with Crippen LogP contribution in [0.5, 0.6) is 0 Å². The highest BCUT2D eigenvalue weighted by Crippen LogP contribution is 2.44. The summed E-state index contributed by atoms with van der Waals surface area (Å²) in [6.07, 6.45) is 5.14. The summed E-state index contributed by atoms with van der Waals surface area (Å²) < 4.78 is 5.24. The van der Waals surface area contributed by atoms with Gasteiger partial charge in [0, 0.05) is 11.0 Å². The third kappa shape index (κ3) is 0.911. The maximum Gasteiger partial charge on any atom is 0.104 e. The second-order valence-electron chi connectivity index (χ2n) is 3.68. The molecule has 2 nitrogen and oxygen atoms in total. The van der Waals surface area contributed by atoms with E-state index in [1.807, 2.05) is 13.0 Å². The van der Waals surface area contributed by atoms with Crippen molar-refractivity contribution in [3.8, 4) is 0 Å². The number of aryl methyl sites for hydroxylation is 1. The second kappa shape index (κ2) is 2.63. The molecule has 2 heteroatoms. The van der Waals surface area contributed by atoms with Crippen LogP contribution < -0.4 is 0 Å². The molecule has 0 aromatic carbocycles. The van der Waals surface area contributed by atoms with Crippen molar-refractivity contribution in [2.45, 2.75) is 31.6 Å². The minimum atomic E-state index is 0.0388. The highest BCUT2D eigenvalue weighted by atomic mass is 16.3. The summed E-state index contributed by atoms with van der Waals surface area (Å²) >= 11 is 0. The van der Waals surface area contributed by atoms with Gasteiger partial charge in [0.15, 0.2) is 0 Å². The van der Waals surface area contributed by atoms with Crippen LogP contribution >= 0.6 is 0 Å². The van der Waals surface area contributed by atoms with E-state index < -0.39 is 0 Å². The maximum atomic E-state index is 9.29. The van der Waals surface area contributed by atoms with E-state index in [4.69, 9.17) is 4.42 Å². The molecule has 1 aromatic heterocycles. The highest BCUT2D eigenvalue weighted by molar-refractivity contribution is 5.29. The quantitative estimate of drug-likeness (QED) is 0.729.